The standard InChI is InChI=1S/C24H23ClFNO4S2/c1-30-22(28)8-3-2-4-13-27-23(29)21(33-24(27)32)14-16-9-11-17(12-10-16)31-15-18-19(25)6-5-7-20(18)26/h5-7,9-12,14H,2-4,8,13,15H2,1H3/b21-14+. The molecule has 1 saturated heterocycles. The molecule has 0 atom stereocenters. The molecule has 0 unspecified atom stereocenters. The van der Waals surface area contributed by atoms with Crippen molar-refractivity contribution in [3.05, 3.63) is 69.3 Å². The highest BCUT2D eigenvalue weighted by Gasteiger charge is 2.31. The normalized spacial score (nSPS) is 14.8. The third-order valence-corrected chi connectivity index (χ3v) is 6.72. The predicted molar refractivity (Wildman–Crippen MR) is 133 cm³/mol. The average molecular weight is 508 g/mol. The fraction of sp³-hybridized carbons (Fsp3) is 0.292. The molecule has 0 spiro atoms. The second kappa shape index (κ2) is 12.2. The molecule has 2 aromatic rings. The Morgan fingerprint density at radius 1 is 1.18 bits per heavy atom. The van der Waals surface area contributed by atoms with Crippen molar-refractivity contribution in [2.75, 3.05) is 13.7 Å². The van der Waals surface area contributed by atoms with Crippen LogP contribution in [0.1, 0.15) is 36.8 Å². The maximum absolute atomic E-state index is 13.9. The summed E-state index contributed by atoms with van der Waals surface area (Å²) in [6.45, 7) is 0.539. The van der Waals surface area contributed by atoms with Crippen molar-refractivity contribution in [1.82, 2.24) is 4.90 Å². The summed E-state index contributed by atoms with van der Waals surface area (Å²) in [6.07, 6.45) is 4.45. The first-order chi connectivity index (χ1) is 15.9. The van der Waals surface area contributed by atoms with E-state index in [9.17, 15) is 14.0 Å². The maximum atomic E-state index is 13.9. The van der Waals surface area contributed by atoms with Crippen LogP contribution in [-0.2, 0) is 20.9 Å². The number of nitrogens with zero attached hydrogens (tertiary/aromatic N) is 1. The van der Waals surface area contributed by atoms with Gasteiger partial charge >= 0.3 is 5.97 Å². The van der Waals surface area contributed by atoms with Crippen LogP contribution in [-0.4, -0.2) is 34.8 Å². The lowest BCUT2D eigenvalue weighted by Gasteiger charge is -2.13. The van der Waals surface area contributed by atoms with Gasteiger partial charge in [-0.15, -0.1) is 0 Å². The number of carbonyl (C=O) groups is 2. The fourth-order valence-electron chi connectivity index (χ4n) is 3.15. The zero-order valence-electron chi connectivity index (χ0n) is 18.0. The fourth-order valence-corrected chi connectivity index (χ4v) is 4.67. The Kier molecular flexibility index (Phi) is 9.29. The van der Waals surface area contributed by atoms with Crippen LogP contribution in [0.3, 0.4) is 0 Å². The van der Waals surface area contributed by atoms with Gasteiger partial charge < -0.3 is 9.47 Å². The largest absolute Gasteiger partial charge is 0.489 e. The molecular formula is C24H23ClFNO4S2. The summed E-state index contributed by atoms with van der Waals surface area (Å²) in [5.41, 5.74) is 1.13. The molecule has 0 aromatic heterocycles. The summed E-state index contributed by atoms with van der Waals surface area (Å²) in [5.74, 6) is -0.195. The van der Waals surface area contributed by atoms with Gasteiger partial charge in [0.25, 0.3) is 5.91 Å². The van der Waals surface area contributed by atoms with Gasteiger partial charge in [0.05, 0.1) is 17.0 Å². The highest BCUT2D eigenvalue weighted by molar-refractivity contribution is 8.26. The van der Waals surface area contributed by atoms with Crippen molar-refractivity contribution in [3.8, 4) is 5.75 Å². The first kappa shape index (κ1) is 25.2. The number of ether oxygens (including phenoxy) is 2. The third-order valence-electron chi connectivity index (χ3n) is 4.99. The van der Waals surface area contributed by atoms with E-state index in [0.717, 1.165) is 24.8 Å². The topological polar surface area (TPSA) is 55.8 Å². The van der Waals surface area contributed by atoms with E-state index in [-0.39, 0.29) is 18.5 Å². The summed E-state index contributed by atoms with van der Waals surface area (Å²) in [7, 11) is 1.37. The zero-order valence-corrected chi connectivity index (χ0v) is 20.4. The Labute approximate surface area is 206 Å². The molecule has 1 heterocycles. The second-order valence-corrected chi connectivity index (χ2v) is 9.36. The van der Waals surface area contributed by atoms with E-state index in [4.69, 9.17) is 28.6 Å². The number of esters is 1. The first-order valence-electron chi connectivity index (χ1n) is 10.4. The molecule has 0 bridgehead atoms. The van der Waals surface area contributed by atoms with Crippen molar-refractivity contribution in [3.63, 3.8) is 0 Å². The number of hydrogen-bond donors (Lipinski definition) is 0. The Hall–Kier alpha value is -2.42. The summed E-state index contributed by atoms with van der Waals surface area (Å²) in [4.78, 5) is 26.0. The van der Waals surface area contributed by atoms with Crippen LogP contribution in [0, 0.1) is 5.82 Å². The molecule has 1 fully saturated rings. The van der Waals surface area contributed by atoms with Crippen LogP contribution in [0.4, 0.5) is 4.39 Å². The number of carbonyl (C=O) groups excluding carboxylic acids is 2. The molecule has 1 aliphatic rings. The minimum Gasteiger partial charge on any atom is -0.489 e. The van der Waals surface area contributed by atoms with Crippen LogP contribution >= 0.6 is 35.6 Å². The van der Waals surface area contributed by atoms with Crippen molar-refractivity contribution in [2.45, 2.75) is 32.3 Å². The molecule has 0 radical (unpaired) electrons. The maximum Gasteiger partial charge on any atom is 0.305 e. The molecular weight excluding hydrogens is 485 g/mol. The minimum atomic E-state index is -0.412. The van der Waals surface area contributed by atoms with Crippen molar-refractivity contribution in [2.24, 2.45) is 0 Å². The Balaban J connectivity index is 1.53. The lowest BCUT2D eigenvalue weighted by molar-refractivity contribution is -0.140. The van der Waals surface area contributed by atoms with Gasteiger partial charge in [0.1, 0.15) is 22.5 Å². The molecule has 0 N–H and O–H groups in total. The summed E-state index contributed by atoms with van der Waals surface area (Å²) < 4.78 is 24.7. The number of amides is 1. The van der Waals surface area contributed by atoms with E-state index in [1.165, 1.54) is 24.9 Å². The van der Waals surface area contributed by atoms with E-state index in [0.29, 0.717) is 38.5 Å². The van der Waals surface area contributed by atoms with Gasteiger partial charge in [0, 0.05) is 18.5 Å². The molecule has 1 amide bonds. The Morgan fingerprint density at radius 3 is 2.64 bits per heavy atom. The van der Waals surface area contributed by atoms with Gasteiger partial charge in [-0.3, -0.25) is 14.5 Å². The molecule has 2 aromatic carbocycles. The van der Waals surface area contributed by atoms with E-state index >= 15 is 0 Å². The smallest absolute Gasteiger partial charge is 0.305 e. The summed E-state index contributed by atoms with van der Waals surface area (Å²) in [6, 6.07) is 11.6. The number of hydrogen-bond acceptors (Lipinski definition) is 6. The zero-order chi connectivity index (χ0) is 23.8. The number of thioether (sulfide) groups is 1. The number of methoxy groups -OCH3 is 1. The molecule has 5 nitrogen and oxygen atoms in total. The van der Waals surface area contributed by atoms with Crippen molar-refractivity contribution >= 4 is 57.9 Å². The van der Waals surface area contributed by atoms with Gasteiger partial charge in [-0.25, -0.2) is 4.39 Å². The SMILES string of the molecule is COC(=O)CCCCCN1C(=O)/C(=C\c2ccc(OCc3c(F)cccc3Cl)cc2)SC1=S. The number of rotatable bonds is 10. The second-order valence-electron chi connectivity index (χ2n) is 7.28. The molecule has 174 valence electrons. The third kappa shape index (κ3) is 7.03. The van der Waals surface area contributed by atoms with Gasteiger partial charge in [-0.1, -0.05) is 60.2 Å². The first-order valence-corrected chi connectivity index (χ1v) is 12.0. The van der Waals surface area contributed by atoms with Gasteiger partial charge in [-0.2, -0.15) is 0 Å². The van der Waals surface area contributed by atoms with Gasteiger partial charge in [0.15, 0.2) is 0 Å². The molecule has 9 heteroatoms. The summed E-state index contributed by atoms with van der Waals surface area (Å²) in [5, 5.41) is 0.317. The predicted octanol–water partition coefficient (Wildman–Crippen LogP) is 5.99. The highest BCUT2D eigenvalue weighted by Crippen LogP contribution is 2.33. The van der Waals surface area contributed by atoms with Crippen molar-refractivity contribution in [1.29, 1.82) is 0 Å². The molecule has 0 aliphatic carbocycles. The number of halogens is 2. The van der Waals surface area contributed by atoms with Crippen LogP contribution < -0.4 is 4.74 Å². The minimum absolute atomic E-state index is 0.0170. The van der Waals surface area contributed by atoms with E-state index in [2.05, 4.69) is 4.74 Å². The van der Waals surface area contributed by atoms with Crippen LogP contribution in [0.5, 0.6) is 5.75 Å². The van der Waals surface area contributed by atoms with E-state index in [1.54, 1.807) is 35.2 Å². The van der Waals surface area contributed by atoms with E-state index in [1.807, 2.05) is 12.1 Å². The Bertz CT molecular complexity index is 1040. The lowest BCUT2D eigenvalue weighted by Crippen LogP contribution is -2.29. The van der Waals surface area contributed by atoms with Gasteiger partial charge in [-0.05, 0) is 48.7 Å². The van der Waals surface area contributed by atoms with Crippen molar-refractivity contribution < 1.29 is 23.5 Å². The molecule has 3 rings (SSSR count). The average Bonchev–Trinajstić information content (AvgIpc) is 3.06. The number of unbranched alkanes of at least 4 members (excludes halogenated alkanes) is 2. The Morgan fingerprint density at radius 2 is 1.94 bits per heavy atom. The molecule has 33 heavy (non-hydrogen) atoms. The number of thiocarbonyl (C=S) groups is 1. The van der Waals surface area contributed by atoms with Crippen LogP contribution in [0.15, 0.2) is 47.4 Å². The van der Waals surface area contributed by atoms with Gasteiger partial charge in [0.2, 0.25) is 0 Å². The molecule has 1 aliphatic heterocycles. The summed E-state index contributed by atoms with van der Waals surface area (Å²) >= 11 is 12.7. The van der Waals surface area contributed by atoms with Crippen LogP contribution in [0.25, 0.3) is 6.08 Å². The molecule has 0 saturated carbocycles. The lowest BCUT2D eigenvalue weighted by atomic mass is 10.2. The van der Waals surface area contributed by atoms with Crippen LogP contribution in [0.2, 0.25) is 5.02 Å². The van der Waals surface area contributed by atoms with E-state index < -0.39 is 5.82 Å². The monoisotopic (exact) mass is 507 g/mol. The number of benzene rings is 2. The highest BCUT2D eigenvalue weighted by atomic mass is 35.5. The quantitative estimate of drug-likeness (QED) is 0.170.